The number of rotatable bonds is 5. The van der Waals surface area contributed by atoms with Crippen LogP contribution < -0.4 is 4.31 Å². The van der Waals surface area contributed by atoms with Crippen LogP contribution in [0.3, 0.4) is 0 Å². The summed E-state index contributed by atoms with van der Waals surface area (Å²) in [6.07, 6.45) is 4.21. The molecule has 142 valence electrons. The molecule has 8 heteroatoms. The van der Waals surface area contributed by atoms with E-state index < -0.39 is 15.9 Å². The molecule has 0 aromatic heterocycles. The van der Waals surface area contributed by atoms with Crippen molar-refractivity contribution in [3.63, 3.8) is 0 Å². The smallest absolute Gasteiger partial charge is 0.253 e. The van der Waals surface area contributed by atoms with Gasteiger partial charge in [-0.3, -0.25) is 9.59 Å². The fraction of sp³-hybridized carbons (Fsp3) is 0.556. The van der Waals surface area contributed by atoms with Crippen LogP contribution in [0, 0.1) is 0 Å². The summed E-state index contributed by atoms with van der Waals surface area (Å²) < 4.78 is 30.6. The van der Waals surface area contributed by atoms with Crippen molar-refractivity contribution in [3.05, 3.63) is 29.8 Å². The molecule has 0 aliphatic carbocycles. The molecule has 2 heterocycles. The highest BCUT2D eigenvalue weighted by Crippen LogP contribution is 2.26. The molecule has 26 heavy (non-hydrogen) atoms. The van der Waals surface area contributed by atoms with Crippen molar-refractivity contribution in [2.24, 2.45) is 0 Å². The van der Waals surface area contributed by atoms with Crippen LogP contribution in [0.25, 0.3) is 0 Å². The number of sulfonamides is 1. The number of amides is 2. The highest BCUT2D eigenvalue weighted by atomic mass is 32.2. The molecule has 3 rings (SSSR count). The van der Waals surface area contributed by atoms with Gasteiger partial charge in [-0.2, -0.15) is 0 Å². The zero-order valence-electron chi connectivity index (χ0n) is 14.9. The van der Waals surface area contributed by atoms with Crippen LogP contribution in [-0.2, 0) is 19.6 Å². The largest absolute Gasteiger partial charge is 0.378 e. The van der Waals surface area contributed by atoms with Crippen molar-refractivity contribution in [2.45, 2.75) is 38.2 Å². The van der Waals surface area contributed by atoms with E-state index in [9.17, 15) is 18.0 Å². The third kappa shape index (κ3) is 4.07. The number of carbonyl (C=O) groups excluding carboxylic acids is 2. The summed E-state index contributed by atoms with van der Waals surface area (Å²) >= 11 is 0. The minimum atomic E-state index is -3.63. The summed E-state index contributed by atoms with van der Waals surface area (Å²) in [6.45, 7) is 1.34. The molecule has 1 aromatic rings. The van der Waals surface area contributed by atoms with E-state index in [0.717, 1.165) is 36.6 Å². The lowest BCUT2D eigenvalue weighted by molar-refractivity contribution is -0.116. The number of hydrogen-bond donors (Lipinski definition) is 0. The lowest BCUT2D eigenvalue weighted by atomic mass is 10.1. The topological polar surface area (TPSA) is 84.0 Å². The quantitative estimate of drug-likeness (QED) is 0.778. The number of benzene rings is 1. The molecule has 0 saturated carbocycles. The average molecular weight is 380 g/mol. The molecule has 1 unspecified atom stereocenters. The molecule has 2 aliphatic heterocycles. The van der Waals surface area contributed by atoms with Crippen molar-refractivity contribution >= 4 is 27.5 Å². The van der Waals surface area contributed by atoms with Crippen molar-refractivity contribution < 1.29 is 22.7 Å². The summed E-state index contributed by atoms with van der Waals surface area (Å²) in [7, 11) is -1.92. The van der Waals surface area contributed by atoms with Gasteiger partial charge in [-0.1, -0.05) is 6.07 Å². The van der Waals surface area contributed by atoms with Gasteiger partial charge in [0.1, 0.15) is 0 Å². The van der Waals surface area contributed by atoms with Crippen LogP contribution in [0.15, 0.2) is 24.3 Å². The summed E-state index contributed by atoms with van der Waals surface area (Å²) in [5.74, 6) is -0.852. The zero-order chi connectivity index (χ0) is 18.7. The van der Waals surface area contributed by atoms with Crippen LogP contribution in [0.2, 0.25) is 0 Å². The first kappa shape index (κ1) is 18.8. The van der Waals surface area contributed by atoms with Gasteiger partial charge < -0.3 is 9.64 Å². The Kier molecular flexibility index (Phi) is 5.62. The Hall–Kier alpha value is -1.93. The van der Waals surface area contributed by atoms with Gasteiger partial charge in [0.25, 0.3) is 5.91 Å². The van der Waals surface area contributed by atoms with Gasteiger partial charge in [0.15, 0.2) is 0 Å². The van der Waals surface area contributed by atoms with Crippen LogP contribution in [0.4, 0.5) is 5.69 Å². The van der Waals surface area contributed by atoms with E-state index in [0.29, 0.717) is 12.1 Å². The zero-order valence-corrected chi connectivity index (χ0v) is 15.7. The molecule has 2 amide bonds. The van der Waals surface area contributed by atoms with Crippen LogP contribution in [0.5, 0.6) is 0 Å². The SMILES string of the molecule is CN(CCC1CCCCO1)C(=O)c1cccc(N2C(=O)CCS2(=O)=O)c1. The Bertz CT molecular complexity index is 787. The van der Waals surface area contributed by atoms with E-state index in [1.165, 1.54) is 12.1 Å². The standard InChI is InChI=1S/C18H24N2O5S/c1-19(10-8-16-7-2-3-11-25-16)18(22)14-5-4-6-15(13-14)20-17(21)9-12-26(20,23)24/h4-6,13,16H,2-3,7-12H2,1H3. The summed E-state index contributed by atoms with van der Waals surface area (Å²) in [6, 6.07) is 6.23. The molecular weight excluding hydrogens is 356 g/mol. The number of carbonyl (C=O) groups is 2. The average Bonchev–Trinajstić information content (AvgIpc) is 2.92. The van der Waals surface area contributed by atoms with Crippen LogP contribution in [0.1, 0.15) is 42.5 Å². The third-order valence-corrected chi connectivity index (χ3v) is 6.50. The van der Waals surface area contributed by atoms with Crippen LogP contribution in [-0.4, -0.2) is 57.2 Å². The minimum absolute atomic E-state index is 0.0260. The molecular formula is C18H24N2O5S. The van der Waals surface area contributed by atoms with Gasteiger partial charge in [-0.25, -0.2) is 12.7 Å². The lowest BCUT2D eigenvalue weighted by Crippen LogP contribution is -2.32. The molecule has 0 spiro atoms. The fourth-order valence-electron chi connectivity index (χ4n) is 3.33. The monoisotopic (exact) mass is 380 g/mol. The van der Waals surface area contributed by atoms with Gasteiger partial charge in [0.05, 0.1) is 17.5 Å². The Balaban J connectivity index is 1.68. The fourth-order valence-corrected chi connectivity index (χ4v) is 4.78. The maximum atomic E-state index is 12.7. The first-order valence-electron chi connectivity index (χ1n) is 8.91. The van der Waals surface area contributed by atoms with E-state index in [-0.39, 0.29) is 29.9 Å². The van der Waals surface area contributed by atoms with Gasteiger partial charge in [-0.15, -0.1) is 0 Å². The van der Waals surface area contributed by atoms with E-state index in [1.807, 2.05) is 0 Å². The van der Waals surface area contributed by atoms with Crippen molar-refractivity contribution in [1.29, 1.82) is 0 Å². The number of hydrogen-bond acceptors (Lipinski definition) is 5. The molecule has 7 nitrogen and oxygen atoms in total. The molecule has 2 saturated heterocycles. The van der Waals surface area contributed by atoms with Gasteiger partial charge in [-0.05, 0) is 43.9 Å². The number of anilines is 1. The van der Waals surface area contributed by atoms with E-state index >= 15 is 0 Å². The third-order valence-electron chi connectivity index (χ3n) is 4.81. The Morgan fingerprint density at radius 1 is 1.35 bits per heavy atom. The first-order valence-corrected chi connectivity index (χ1v) is 10.5. The lowest BCUT2D eigenvalue weighted by Gasteiger charge is -2.25. The molecule has 1 atom stereocenters. The second kappa shape index (κ2) is 7.75. The second-order valence-electron chi connectivity index (χ2n) is 6.78. The molecule has 0 N–H and O–H groups in total. The van der Waals surface area contributed by atoms with E-state index in [4.69, 9.17) is 4.74 Å². The van der Waals surface area contributed by atoms with Gasteiger partial charge >= 0.3 is 0 Å². The van der Waals surface area contributed by atoms with E-state index in [2.05, 4.69) is 0 Å². The van der Waals surface area contributed by atoms with Crippen LogP contribution >= 0.6 is 0 Å². The summed E-state index contributed by atoms with van der Waals surface area (Å²) in [4.78, 5) is 26.2. The van der Waals surface area contributed by atoms with Crippen molar-refractivity contribution in [2.75, 3.05) is 30.3 Å². The second-order valence-corrected chi connectivity index (χ2v) is 8.72. The predicted octanol–water partition coefficient (Wildman–Crippen LogP) is 1.78. The van der Waals surface area contributed by atoms with Crippen molar-refractivity contribution in [3.8, 4) is 0 Å². The predicted molar refractivity (Wildman–Crippen MR) is 97.5 cm³/mol. The molecule has 2 fully saturated rings. The Morgan fingerprint density at radius 2 is 2.15 bits per heavy atom. The van der Waals surface area contributed by atoms with Crippen molar-refractivity contribution in [1.82, 2.24) is 4.90 Å². The Morgan fingerprint density at radius 3 is 2.81 bits per heavy atom. The first-order chi connectivity index (χ1) is 12.4. The molecule has 1 aromatic carbocycles. The van der Waals surface area contributed by atoms with E-state index in [1.54, 1.807) is 24.1 Å². The normalized spacial score (nSPS) is 22.4. The van der Waals surface area contributed by atoms with Gasteiger partial charge in [0.2, 0.25) is 15.9 Å². The number of nitrogens with zero attached hydrogens (tertiary/aromatic N) is 2. The number of ether oxygens (including phenoxy) is 1. The highest BCUT2D eigenvalue weighted by molar-refractivity contribution is 7.94. The molecule has 0 radical (unpaired) electrons. The summed E-state index contributed by atoms with van der Waals surface area (Å²) in [5.41, 5.74) is 0.590. The van der Waals surface area contributed by atoms with Gasteiger partial charge in [0, 0.05) is 32.2 Å². The highest BCUT2D eigenvalue weighted by Gasteiger charge is 2.36. The molecule has 0 bridgehead atoms. The summed E-state index contributed by atoms with van der Waals surface area (Å²) in [5, 5.41) is 0. The minimum Gasteiger partial charge on any atom is -0.378 e. The Labute approximate surface area is 154 Å². The maximum Gasteiger partial charge on any atom is 0.253 e. The maximum absolute atomic E-state index is 12.7. The molecule has 2 aliphatic rings.